The van der Waals surface area contributed by atoms with Crippen molar-refractivity contribution in [3.8, 4) is 0 Å². The molecule has 1 aromatic rings. The molecule has 2 heterocycles. The molecule has 1 aliphatic carbocycles. The molecule has 0 bridgehead atoms. The SMILES string of the molecule is CCNC(=NCc1ncc(C)s1)NC1CCN(C(=O)C2CCCC2)C1.I. The number of aromatic nitrogens is 1. The summed E-state index contributed by atoms with van der Waals surface area (Å²) in [6.07, 6.45) is 7.44. The number of likely N-dealkylation sites (tertiary alicyclic amines) is 1. The van der Waals surface area contributed by atoms with Crippen molar-refractivity contribution in [1.82, 2.24) is 20.5 Å². The van der Waals surface area contributed by atoms with E-state index in [0.717, 1.165) is 49.9 Å². The van der Waals surface area contributed by atoms with E-state index in [2.05, 4.69) is 34.5 Å². The van der Waals surface area contributed by atoms with E-state index in [1.807, 2.05) is 11.1 Å². The Hall–Kier alpha value is -0.900. The van der Waals surface area contributed by atoms with Crippen molar-refractivity contribution in [2.24, 2.45) is 10.9 Å². The van der Waals surface area contributed by atoms with Crippen LogP contribution in [0.3, 0.4) is 0 Å². The third-order valence-corrected chi connectivity index (χ3v) is 5.83. The minimum atomic E-state index is 0. The molecule has 1 aliphatic heterocycles. The summed E-state index contributed by atoms with van der Waals surface area (Å²) >= 11 is 1.68. The second-order valence-corrected chi connectivity index (χ2v) is 8.27. The smallest absolute Gasteiger partial charge is 0.225 e. The van der Waals surface area contributed by atoms with Crippen LogP contribution in [0.2, 0.25) is 0 Å². The molecule has 3 rings (SSSR count). The maximum atomic E-state index is 12.6. The molecule has 0 aromatic carbocycles. The highest BCUT2D eigenvalue weighted by Crippen LogP contribution is 2.27. The van der Waals surface area contributed by atoms with E-state index in [1.54, 1.807) is 11.3 Å². The summed E-state index contributed by atoms with van der Waals surface area (Å²) in [5, 5.41) is 7.82. The van der Waals surface area contributed by atoms with Gasteiger partial charge in [0.25, 0.3) is 0 Å². The minimum Gasteiger partial charge on any atom is -0.357 e. The van der Waals surface area contributed by atoms with Crippen molar-refractivity contribution < 1.29 is 4.79 Å². The molecule has 26 heavy (non-hydrogen) atoms. The van der Waals surface area contributed by atoms with E-state index >= 15 is 0 Å². The van der Waals surface area contributed by atoms with E-state index < -0.39 is 0 Å². The van der Waals surface area contributed by atoms with Gasteiger partial charge >= 0.3 is 0 Å². The molecule has 1 saturated carbocycles. The second-order valence-electron chi connectivity index (χ2n) is 6.96. The van der Waals surface area contributed by atoms with Gasteiger partial charge < -0.3 is 15.5 Å². The van der Waals surface area contributed by atoms with Gasteiger partial charge in [-0.3, -0.25) is 4.79 Å². The first-order chi connectivity index (χ1) is 12.2. The lowest BCUT2D eigenvalue weighted by atomic mass is 10.1. The zero-order chi connectivity index (χ0) is 17.6. The highest BCUT2D eigenvalue weighted by atomic mass is 127. The number of hydrogen-bond acceptors (Lipinski definition) is 4. The molecule has 146 valence electrons. The van der Waals surface area contributed by atoms with Crippen molar-refractivity contribution in [1.29, 1.82) is 0 Å². The number of aryl methyl sites for hydroxylation is 1. The molecular weight excluding hydrogens is 461 g/mol. The molecule has 8 heteroatoms. The quantitative estimate of drug-likeness (QED) is 0.378. The number of aliphatic imine (C=N–C) groups is 1. The number of carbonyl (C=O) groups is 1. The zero-order valence-corrected chi connectivity index (χ0v) is 18.8. The fraction of sp³-hybridized carbons (Fsp3) is 0.722. The summed E-state index contributed by atoms with van der Waals surface area (Å²) in [6, 6.07) is 0.279. The number of halogens is 1. The van der Waals surface area contributed by atoms with Gasteiger partial charge in [-0.15, -0.1) is 35.3 Å². The van der Waals surface area contributed by atoms with Crippen LogP contribution in [0.1, 0.15) is 48.9 Å². The molecule has 1 atom stereocenters. The van der Waals surface area contributed by atoms with Crippen molar-refractivity contribution in [3.05, 3.63) is 16.1 Å². The lowest BCUT2D eigenvalue weighted by Gasteiger charge is -2.21. The maximum absolute atomic E-state index is 12.6. The van der Waals surface area contributed by atoms with Crippen molar-refractivity contribution >= 4 is 47.2 Å². The van der Waals surface area contributed by atoms with E-state index in [0.29, 0.717) is 12.5 Å². The molecule has 1 saturated heterocycles. The molecule has 1 amide bonds. The second kappa shape index (κ2) is 10.4. The number of rotatable bonds is 5. The van der Waals surface area contributed by atoms with Crippen molar-refractivity contribution in [2.45, 2.75) is 58.5 Å². The van der Waals surface area contributed by atoms with Crippen LogP contribution in [0, 0.1) is 12.8 Å². The van der Waals surface area contributed by atoms with Crippen LogP contribution in [0.4, 0.5) is 0 Å². The number of nitrogens with zero attached hydrogens (tertiary/aromatic N) is 3. The van der Waals surface area contributed by atoms with Gasteiger partial charge in [0, 0.05) is 42.7 Å². The number of hydrogen-bond donors (Lipinski definition) is 2. The summed E-state index contributed by atoms with van der Waals surface area (Å²) in [7, 11) is 0. The van der Waals surface area contributed by atoms with Crippen LogP contribution in [0.25, 0.3) is 0 Å². The Kier molecular flexibility index (Phi) is 8.59. The van der Waals surface area contributed by atoms with Crippen LogP contribution >= 0.6 is 35.3 Å². The molecule has 0 spiro atoms. The zero-order valence-electron chi connectivity index (χ0n) is 15.7. The average molecular weight is 491 g/mol. The van der Waals surface area contributed by atoms with E-state index in [9.17, 15) is 4.79 Å². The summed E-state index contributed by atoms with van der Waals surface area (Å²) in [5.74, 6) is 1.45. The van der Waals surface area contributed by atoms with Gasteiger partial charge in [-0.2, -0.15) is 0 Å². The number of nitrogens with one attached hydrogen (secondary N) is 2. The maximum Gasteiger partial charge on any atom is 0.225 e. The first kappa shape index (κ1) is 21.4. The van der Waals surface area contributed by atoms with E-state index in [4.69, 9.17) is 0 Å². The van der Waals surface area contributed by atoms with Gasteiger partial charge in [0.2, 0.25) is 5.91 Å². The fourth-order valence-electron chi connectivity index (χ4n) is 3.64. The fourth-order valence-corrected chi connectivity index (χ4v) is 4.36. The van der Waals surface area contributed by atoms with E-state index in [-0.39, 0.29) is 35.9 Å². The predicted molar refractivity (Wildman–Crippen MR) is 117 cm³/mol. The first-order valence-electron chi connectivity index (χ1n) is 9.40. The Balaban J connectivity index is 0.00000243. The lowest BCUT2D eigenvalue weighted by molar-refractivity contribution is -0.134. The van der Waals surface area contributed by atoms with Crippen LogP contribution < -0.4 is 10.6 Å². The normalized spacial score (nSPS) is 20.9. The topological polar surface area (TPSA) is 69.6 Å². The Morgan fingerprint density at radius 1 is 1.38 bits per heavy atom. The molecule has 2 aliphatic rings. The van der Waals surface area contributed by atoms with Crippen LogP contribution in [-0.2, 0) is 11.3 Å². The van der Waals surface area contributed by atoms with Gasteiger partial charge in [0.15, 0.2) is 5.96 Å². The highest BCUT2D eigenvalue weighted by molar-refractivity contribution is 14.0. The Bertz CT molecular complexity index is 614. The number of thiazole rings is 1. The largest absolute Gasteiger partial charge is 0.357 e. The minimum absolute atomic E-state index is 0. The Morgan fingerprint density at radius 2 is 2.15 bits per heavy atom. The summed E-state index contributed by atoms with van der Waals surface area (Å²) in [6.45, 7) is 7.18. The molecule has 1 unspecified atom stereocenters. The van der Waals surface area contributed by atoms with Gasteiger partial charge in [-0.1, -0.05) is 12.8 Å². The summed E-state index contributed by atoms with van der Waals surface area (Å²) in [4.78, 5) is 24.8. The van der Waals surface area contributed by atoms with E-state index in [1.165, 1.54) is 17.7 Å². The highest BCUT2D eigenvalue weighted by Gasteiger charge is 2.32. The third kappa shape index (κ3) is 5.80. The van der Waals surface area contributed by atoms with Gasteiger partial charge in [0.05, 0.1) is 6.54 Å². The number of guanidine groups is 1. The Morgan fingerprint density at radius 3 is 2.81 bits per heavy atom. The van der Waals surface area contributed by atoms with Crippen LogP contribution in [-0.4, -0.2) is 47.4 Å². The van der Waals surface area contributed by atoms with Crippen LogP contribution in [0.15, 0.2) is 11.2 Å². The van der Waals surface area contributed by atoms with Gasteiger partial charge in [0.1, 0.15) is 5.01 Å². The standard InChI is InChI=1S/C18H29N5OS.HI/c1-3-19-18(21-11-16-20-10-13(2)25-16)22-15-8-9-23(12-15)17(24)14-6-4-5-7-14;/h10,14-15H,3-9,11-12H2,1-2H3,(H2,19,21,22);1H. The molecule has 1 aromatic heterocycles. The van der Waals surface area contributed by atoms with Crippen LogP contribution in [0.5, 0.6) is 0 Å². The monoisotopic (exact) mass is 491 g/mol. The molecule has 6 nitrogen and oxygen atoms in total. The first-order valence-corrected chi connectivity index (χ1v) is 10.2. The molecular formula is C18H30IN5OS. The predicted octanol–water partition coefficient (Wildman–Crippen LogP) is 2.92. The van der Waals surface area contributed by atoms with Crippen molar-refractivity contribution in [2.75, 3.05) is 19.6 Å². The Labute approximate surface area is 177 Å². The summed E-state index contributed by atoms with van der Waals surface area (Å²) in [5.41, 5.74) is 0. The molecule has 2 N–H and O–H groups in total. The molecule has 0 radical (unpaired) electrons. The lowest BCUT2D eigenvalue weighted by Crippen LogP contribution is -2.45. The third-order valence-electron chi connectivity index (χ3n) is 4.93. The van der Waals surface area contributed by atoms with Gasteiger partial charge in [-0.05, 0) is 33.1 Å². The van der Waals surface area contributed by atoms with Crippen molar-refractivity contribution in [3.63, 3.8) is 0 Å². The molecule has 2 fully saturated rings. The number of amides is 1. The van der Waals surface area contributed by atoms with Gasteiger partial charge in [-0.25, -0.2) is 9.98 Å². The summed E-state index contributed by atoms with van der Waals surface area (Å²) < 4.78 is 0. The average Bonchev–Trinajstić information content (AvgIpc) is 3.34. The number of carbonyl (C=O) groups excluding carboxylic acids is 1.